The van der Waals surface area contributed by atoms with E-state index in [-0.39, 0.29) is 5.02 Å². The van der Waals surface area contributed by atoms with E-state index in [0.717, 1.165) is 10.5 Å². The third-order valence-electron chi connectivity index (χ3n) is 3.83. The van der Waals surface area contributed by atoms with Gasteiger partial charge in [-0.3, -0.25) is 19.9 Å². The number of aliphatic imine (C=N–C) groups is 1. The third kappa shape index (κ3) is 3.47. The quantitative estimate of drug-likeness (QED) is 0.638. The van der Waals surface area contributed by atoms with Gasteiger partial charge >= 0.3 is 6.03 Å². The summed E-state index contributed by atoms with van der Waals surface area (Å²) in [5.41, 5.74) is 1.49. The van der Waals surface area contributed by atoms with Crippen LogP contribution in [0.3, 0.4) is 0 Å². The van der Waals surface area contributed by atoms with Gasteiger partial charge in [0.15, 0.2) is 5.92 Å². The summed E-state index contributed by atoms with van der Waals surface area (Å²) in [7, 11) is 0. The minimum Gasteiger partial charge on any atom is -0.276 e. The molecule has 0 bridgehead atoms. The zero-order valence-corrected chi connectivity index (χ0v) is 15.1. The number of benzene rings is 2. The van der Waals surface area contributed by atoms with Crippen molar-refractivity contribution in [2.75, 3.05) is 4.90 Å². The van der Waals surface area contributed by atoms with Crippen molar-refractivity contribution in [2.45, 2.75) is 6.92 Å². The van der Waals surface area contributed by atoms with E-state index in [1.807, 2.05) is 0 Å². The lowest BCUT2D eigenvalue weighted by Crippen LogP contribution is -2.58. The van der Waals surface area contributed by atoms with Crippen LogP contribution in [-0.2, 0) is 9.59 Å². The van der Waals surface area contributed by atoms with Gasteiger partial charge in [-0.25, -0.2) is 9.69 Å². The molecule has 8 heteroatoms. The number of carbonyl (C=O) groups is 3. The monoisotopic (exact) mass is 389 g/mol. The number of hydrogen-bond donors (Lipinski definition) is 1. The summed E-state index contributed by atoms with van der Waals surface area (Å²) in [4.78, 5) is 42.1. The van der Waals surface area contributed by atoms with Gasteiger partial charge in [-0.05, 0) is 36.8 Å². The van der Waals surface area contributed by atoms with Crippen molar-refractivity contribution >= 4 is 58.6 Å². The standard InChI is InChI=1S/C18H13Cl2N3O3/c1-10-4-2-3-5-15(10)23-17(25)12(16(24)22-18(23)26)9-21-14-7-6-11(19)8-13(14)20/h2-9,12H,1H3,(H,22,24,26)/t12-/m0/s1. The number of nitrogens with zero attached hydrogens (tertiary/aromatic N) is 2. The van der Waals surface area contributed by atoms with Crippen LogP contribution in [0.5, 0.6) is 0 Å². The SMILES string of the molecule is Cc1ccccc1N1C(=O)NC(=O)[C@H](C=Nc2ccc(Cl)cc2Cl)C1=O. The maximum absolute atomic E-state index is 12.8. The van der Waals surface area contributed by atoms with Crippen LogP contribution in [-0.4, -0.2) is 24.1 Å². The van der Waals surface area contributed by atoms with Crippen molar-refractivity contribution in [3.05, 3.63) is 58.1 Å². The molecular formula is C18H13Cl2N3O3. The molecule has 2 aromatic carbocycles. The molecule has 0 aliphatic carbocycles. The zero-order valence-electron chi connectivity index (χ0n) is 13.6. The number of nitrogens with one attached hydrogen (secondary N) is 1. The Bertz CT molecular complexity index is 943. The van der Waals surface area contributed by atoms with E-state index in [4.69, 9.17) is 23.2 Å². The Labute approximate surface area is 159 Å². The molecule has 132 valence electrons. The number of hydrogen-bond acceptors (Lipinski definition) is 4. The van der Waals surface area contributed by atoms with Gasteiger partial charge in [-0.15, -0.1) is 0 Å². The van der Waals surface area contributed by atoms with Gasteiger partial charge < -0.3 is 0 Å². The van der Waals surface area contributed by atoms with Crippen molar-refractivity contribution in [1.29, 1.82) is 0 Å². The predicted octanol–water partition coefficient (Wildman–Crippen LogP) is 3.90. The molecule has 1 aliphatic heterocycles. The first-order chi connectivity index (χ1) is 12.4. The normalized spacial score (nSPS) is 17.7. The Morgan fingerprint density at radius 2 is 1.85 bits per heavy atom. The number of urea groups is 1. The number of aryl methyl sites for hydroxylation is 1. The van der Waals surface area contributed by atoms with Crippen molar-refractivity contribution in [3.63, 3.8) is 0 Å². The van der Waals surface area contributed by atoms with Crippen LogP contribution in [0.25, 0.3) is 0 Å². The average molecular weight is 390 g/mol. The first-order valence-corrected chi connectivity index (χ1v) is 8.37. The first kappa shape index (κ1) is 18.1. The summed E-state index contributed by atoms with van der Waals surface area (Å²) in [5, 5.41) is 2.90. The highest BCUT2D eigenvalue weighted by Gasteiger charge is 2.40. The first-order valence-electron chi connectivity index (χ1n) is 7.62. The van der Waals surface area contributed by atoms with Gasteiger partial charge in [0, 0.05) is 11.2 Å². The van der Waals surface area contributed by atoms with Gasteiger partial charge in [-0.1, -0.05) is 41.4 Å². The third-order valence-corrected chi connectivity index (χ3v) is 4.37. The van der Waals surface area contributed by atoms with Crippen molar-refractivity contribution in [1.82, 2.24) is 5.32 Å². The summed E-state index contributed by atoms with van der Waals surface area (Å²) in [6.45, 7) is 1.77. The van der Waals surface area contributed by atoms with Gasteiger partial charge in [0.05, 0.1) is 16.4 Å². The molecular weight excluding hydrogens is 377 g/mol. The fourth-order valence-corrected chi connectivity index (χ4v) is 2.96. The Hall–Kier alpha value is -2.70. The number of halogens is 2. The van der Waals surface area contributed by atoms with Crippen LogP contribution in [0.4, 0.5) is 16.2 Å². The molecule has 0 unspecified atom stereocenters. The summed E-state index contributed by atoms with van der Waals surface area (Å²) in [6.07, 6.45) is 1.17. The highest BCUT2D eigenvalue weighted by Crippen LogP contribution is 2.28. The molecule has 2 aromatic rings. The number of anilines is 1. The molecule has 1 saturated heterocycles. The largest absolute Gasteiger partial charge is 0.335 e. The Kier molecular flexibility index (Phi) is 5.06. The van der Waals surface area contributed by atoms with Gasteiger partial charge in [0.25, 0.3) is 5.91 Å². The lowest BCUT2D eigenvalue weighted by atomic mass is 10.0. The van der Waals surface area contributed by atoms with Crippen molar-refractivity contribution in [2.24, 2.45) is 10.9 Å². The minimum absolute atomic E-state index is 0.282. The van der Waals surface area contributed by atoms with Gasteiger partial charge in [-0.2, -0.15) is 0 Å². The number of carbonyl (C=O) groups excluding carboxylic acids is 3. The van der Waals surface area contributed by atoms with Gasteiger partial charge in [0.2, 0.25) is 5.91 Å². The molecule has 4 amide bonds. The summed E-state index contributed by atoms with van der Waals surface area (Å²) >= 11 is 11.9. The zero-order chi connectivity index (χ0) is 18.8. The summed E-state index contributed by atoms with van der Waals surface area (Å²) in [5.74, 6) is -2.67. The lowest BCUT2D eigenvalue weighted by Gasteiger charge is -2.29. The fourth-order valence-electron chi connectivity index (χ4n) is 2.51. The molecule has 1 N–H and O–H groups in total. The molecule has 0 spiro atoms. The van der Waals surface area contributed by atoms with E-state index in [0.29, 0.717) is 16.4 Å². The minimum atomic E-state index is -1.25. The number of imide groups is 2. The molecule has 3 rings (SSSR count). The topological polar surface area (TPSA) is 78.8 Å². The number of para-hydroxylation sites is 1. The molecule has 1 aliphatic rings. The molecule has 0 radical (unpaired) electrons. The number of amides is 4. The van der Waals surface area contributed by atoms with Crippen LogP contribution in [0.15, 0.2) is 47.5 Å². The second-order valence-corrected chi connectivity index (χ2v) is 6.45. The van der Waals surface area contributed by atoms with E-state index >= 15 is 0 Å². The molecule has 1 atom stereocenters. The fraction of sp³-hybridized carbons (Fsp3) is 0.111. The van der Waals surface area contributed by atoms with E-state index in [2.05, 4.69) is 10.3 Å². The van der Waals surface area contributed by atoms with E-state index in [9.17, 15) is 14.4 Å². The van der Waals surface area contributed by atoms with Crippen LogP contribution >= 0.6 is 23.2 Å². The number of barbiturate groups is 1. The molecule has 1 heterocycles. The predicted molar refractivity (Wildman–Crippen MR) is 100 cm³/mol. The molecule has 26 heavy (non-hydrogen) atoms. The highest BCUT2D eigenvalue weighted by molar-refractivity contribution is 6.36. The van der Waals surface area contributed by atoms with Crippen molar-refractivity contribution in [3.8, 4) is 0 Å². The molecule has 6 nitrogen and oxygen atoms in total. The summed E-state index contributed by atoms with van der Waals surface area (Å²) < 4.78 is 0. The second kappa shape index (κ2) is 7.27. The Balaban J connectivity index is 1.93. The highest BCUT2D eigenvalue weighted by atomic mass is 35.5. The Morgan fingerprint density at radius 3 is 2.54 bits per heavy atom. The molecule has 0 aromatic heterocycles. The molecule has 1 fully saturated rings. The van der Waals surface area contributed by atoms with Crippen LogP contribution in [0.1, 0.15) is 5.56 Å². The number of rotatable bonds is 3. The smallest absolute Gasteiger partial charge is 0.276 e. The van der Waals surface area contributed by atoms with Crippen LogP contribution in [0, 0.1) is 12.8 Å². The van der Waals surface area contributed by atoms with E-state index < -0.39 is 23.8 Å². The van der Waals surface area contributed by atoms with E-state index in [1.165, 1.54) is 12.3 Å². The van der Waals surface area contributed by atoms with Crippen molar-refractivity contribution < 1.29 is 14.4 Å². The van der Waals surface area contributed by atoms with Crippen LogP contribution < -0.4 is 10.2 Å². The van der Waals surface area contributed by atoms with Gasteiger partial charge in [0.1, 0.15) is 0 Å². The Morgan fingerprint density at radius 1 is 1.12 bits per heavy atom. The summed E-state index contributed by atoms with van der Waals surface area (Å²) in [6, 6.07) is 10.8. The van der Waals surface area contributed by atoms with E-state index in [1.54, 1.807) is 43.3 Å². The second-order valence-electron chi connectivity index (χ2n) is 5.61. The maximum atomic E-state index is 12.8. The maximum Gasteiger partial charge on any atom is 0.335 e. The van der Waals surface area contributed by atoms with Crippen LogP contribution in [0.2, 0.25) is 10.0 Å². The average Bonchev–Trinajstić information content (AvgIpc) is 2.57. The molecule has 0 saturated carbocycles. The lowest BCUT2D eigenvalue weighted by molar-refractivity contribution is -0.131.